The molecule has 0 aliphatic heterocycles. The standard InChI is InChI=1S/C16H23N3/c1-4-19-12-14(3)18-16(19)17-11-10-13(2)15-8-6-5-7-9-15/h5-9,12-13H,4,10-11H2,1-3H3,(H,17,18). The predicted octanol–water partition coefficient (Wildman–Crippen LogP) is 3.82. The second kappa shape index (κ2) is 6.41. The minimum absolute atomic E-state index is 0.569. The SMILES string of the molecule is CCn1cc(C)nc1NCCC(C)c1ccccc1. The molecule has 0 saturated heterocycles. The molecule has 102 valence electrons. The summed E-state index contributed by atoms with van der Waals surface area (Å²) in [6.07, 6.45) is 3.20. The Hall–Kier alpha value is -1.77. The number of benzene rings is 1. The van der Waals surface area contributed by atoms with Gasteiger partial charge in [-0.2, -0.15) is 0 Å². The summed E-state index contributed by atoms with van der Waals surface area (Å²) in [5, 5.41) is 3.44. The van der Waals surface area contributed by atoms with E-state index in [2.05, 4.69) is 65.2 Å². The zero-order chi connectivity index (χ0) is 13.7. The Balaban J connectivity index is 1.86. The second-order valence-corrected chi connectivity index (χ2v) is 5.02. The van der Waals surface area contributed by atoms with Crippen LogP contribution in [0.25, 0.3) is 0 Å². The highest BCUT2D eigenvalue weighted by Crippen LogP contribution is 2.18. The van der Waals surface area contributed by atoms with Crippen molar-refractivity contribution in [1.29, 1.82) is 0 Å². The summed E-state index contributed by atoms with van der Waals surface area (Å²) in [5.74, 6) is 1.56. The van der Waals surface area contributed by atoms with Gasteiger partial charge < -0.3 is 9.88 Å². The predicted molar refractivity (Wildman–Crippen MR) is 80.6 cm³/mol. The minimum atomic E-state index is 0.569. The average Bonchev–Trinajstić information content (AvgIpc) is 2.80. The Labute approximate surface area is 115 Å². The van der Waals surface area contributed by atoms with Crippen LogP contribution in [-0.4, -0.2) is 16.1 Å². The number of hydrogen-bond acceptors (Lipinski definition) is 2. The van der Waals surface area contributed by atoms with E-state index in [0.29, 0.717) is 5.92 Å². The molecule has 0 aliphatic rings. The summed E-state index contributed by atoms with van der Waals surface area (Å²) >= 11 is 0. The number of hydrogen-bond donors (Lipinski definition) is 1. The van der Waals surface area contributed by atoms with Crippen LogP contribution < -0.4 is 5.32 Å². The summed E-state index contributed by atoms with van der Waals surface area (Å²) in [7, 11) is 0. The van der Waals surface area contributed by atoms with E-state index in [9.17, 15) is 0 Å². The first-order valence-electron chi connectivity index (χ1n) is 7.03. The maximum atomic E-state index is 4.50. The lowest BCUT2D eigenvalue weighted by Gasteiger charge is -2.13. The Morgan fingerprint density at radius 1 is 1.26 bits per heavy atom. The van der Waals surface area contributed by atoms with Gasteiger partial charge in [0.05, 0.1) is 5.69 Å². The van der Waals surface area contributed by atoms with Crippen LogP contribution in [0.2, 0.25) is 0 Å². The molecule has 19 heavy (non-hydrogen) atoms. The lowest BCUT2D eigenvalue weighted by molar-refractivity contribution is 0.693. The zero-order valence-corrected chi connectivity index (χ0v) is 12.1. The maximum absolute atomic E-state index is 4.50. The largest absolute Gasteiger partial charge is 0.356 e. The van der Waals surface area contributed by atoms with E-state index in [4.69, 9.17) is 0 Å². The normalized spacial score (nSPS) is 12.4. The van der Waals surface area contributed by atoms with Gasteiger partial charge in [0.1, 0.15) is 0 Å². The molecular weight excluding hydrogens is 234 g/mol. The molecule has 0 radical (unpaired) electrons. The highest BCUT2D eigenvalue weighted by atomic mass is 15.2. The maximum Gasteiger partial charge on any atom is 0.203 e. The molecular formula is C16H23N3. The Morgan fingerprint density at radius 2 is 2.00 bits per heavy atom. The van der Waals surface area contributed by atoms with Gasteiger partial charge in [0.25, 0.3) is 0 Å². The van der Waals surface area contributed by atoms with Crippen LogP contribution >= 0.6 is 0 Å². The molecule has 2 aromatic rings. The van der Waals surface area contributed by atoms with Crippen molar-refractivity contribution in [3.8, 4) is 0 Å². The van der Waals surface area contributed by atoms with Crippen LogP contribution in [0.5, 0.6) is 0 Å². The molecule has 0 aliphatic carbocycles. The van der Waals surface area contributed by atoms with E-state index in [0.717, 1.165) is 31.2 Å². The molecule has 0 amide bonds. The van der Waals surface area contributed by atoms with Gasteiger partial charge in [0.2, 0.25) is 5.95 Å². The smallest absolute Gasteiger partial charge is 0.203 e. The third kappa shape index (κ3) is 3.60. The Morgan fingerprint density at radius 3 is 2.68 bits per heavy atom. The Kier molecular flexibility index (Phi) is 4.61. The number of nitrogens with zero attached hydrogens (tertiary/aromatic N) is 2. The lowest BCUT2D eigenvalue weighted by atomic mass is 9.98. The van der Waals surface area contributed by atoms with Crippen LogP contribution in [0.15, 0.2) is 36.5 Å². The fourth-order valence-electron chi connectivity index (χ4n) is 2.28. The van der Waals surface area contributed by atoms with Crippen molar-refractivity contribution < 1.29 is 0 Å². The van der Waals surface area contributed by atoms with Crippen molar-refractivity contribution in [2.24, 2.45) is 0 Å². The van der Waals surface area contributed by atoms with Gasteiger partial charge in [0.15, 0.2) is 0 Å². The number of aromatic nitrogens is 2. The van der Waals surface area contributed by atoms with Crippen molar-refractivity contribution in [2.45, 2.75) is 39.7 Å². The number of anilines is 1. The monoisotopic (exact) mass is 257 g/mol. The number of aryl methyl sites for hydroxylation is 2. The van der Waals surface area contributed by atoms with Crippen molar-refractivity contribution in [1.82, 2.24) is 9.55 Å². The summed E-state index contributed by atoms with van der Waals surface area (Å²) in [6, 6.07) is 10.7. The summed E-state index contributed by atoms with van der Waals surface area (Å²) < 4.78 is 2.16. The second-order valence-electron chi connectivity index (χ2n) is 5.02. The van der Waals surface area contributed by atoms with Crippen molar-refractivity contribution in [3.63, 3.8) is 0 Å². The van der Waals surface area contributed by atoms with Gasteiger partial charge in [-0.05, 0) is 31.7 Å². The van der Waals surface area contributed by atoms with E-state index in [1.54, 1.807) is 0 Å². The van der Waals surface area contributed by atoms with E-state index < -0.39 is 0 Å². The topological polar surface area (TPSA) is 29.9 Å². The van der Waals surface area contributed by atoms with E-state index in [1.165, 1.54) is 5.56 Å². The molecule has 1 unspecified atom stereocenters. The van der Waals surface area contributed by atoms with Gasteiger partial charge >= 0.3 is 0 Å². The molecule has 0 fully saturated rings. The third-order valence-corrected chi connectivity index (χ3v) is 3.47. The number of rotatable bonds is 6. The minimum Gasteiger partial charge on any atom is -0.356 e. The van der Waals surface area contributed by atoms with Gasteiger partial charge in [-0.25, -0.2) is 4.98 Å². The van der Waals surface area contributed by atoms with Crippen LogP contribution in [0.3, 0.4) is 0 Å². The Bertz CT molecular complexity index is 502. The van der Waals surface area contributed by atoms with Gasteiger partial charge in [-0.3, -0.25) is 0 Å². The quantitative estimate of drug-likeness (QED) is 0.852. The molecule has 1 N–H and O–H groups in total. The highest BCUT2D eigenvalue weighted by Gasteiger charge is 2.06. The fourth-order valence-corrected chi connectivity index (χ4v) is 2.28. The number of imidazole rings is 1. The molecule has 2 rings (SSSR count). The zero-order valence-electron chi connectivity index (χ0n) is 12.1. The number of nitrogens with one attached hydrogen (secondary N) is 1. The fraction of sp³-hybridized carbons (Fsp3) is 0.438. The van der Waals surface area contributed by atoms with Crippen LogP contribution in [0, 0.1) is 6.92 Å². The van der Waals surface area contributed by atoms with Crippen molar-refractivity contribution >= 4 is 5.95 Å². The molecule has 0 bridgehead atoms. The molecule has 1 aromatic carbocycles. The first-order valence-corrected chi connectivity index (χ1v) is 7.03. The van der Waals surface area contributed by atoms with Crippen LogP contribution in [0.4, 0.5) is 5.95 Å². The molecule has 0 spiro atoms. The van der Waals surface area contributed by atoms with Gasteiger partial charge in [0, 0.05) is 19.3 Å². The lowest BCUT2D eigenvalue weighted by Crippen LogP contribution is -2.10. The van der Waals surface area contributed by atoms with Gasteiger partial charge in [-0.1, -0.05) is 37.3 Å². The molecule has 3 nitrogen and oxygen atoms in total. The highest BCUT2D eigenvalue weighted by molar-refractivity contribution is 5.29. The van der Waals surface area contributed by atoms with Crippen LogP contribution in [0.1, 0.15) is 37.4 Å². The van der Waals surface area contributed by atoms with Gasteiger partial charge in [-0.15, -0.1) is 0 Å². The van der Waals surface area contributed by atoms with E-state index >= 15 is 0 Å². The summed E-state index contributed by atoms with van der Waals surface area (Å²) in [5.41, 5.74) is 2.47. The first kappa shape index (κ1) is 13.7. The first-order chi connectivity index (χ1) is 9.20. The summed E-state index contributed by atoms with van der Waals surface area (Å²) in [4.78, 5) is 4.50. The van der Waals surface area contributed by atoms with E-state index in [-0.39, 0.29) is 0 Å². The summed E-state index contributed by atoms with van der Waals surface area (Å²) in [6.45, 7) is 8.35. The molecule has 0 saturated carbocycles. The van der Waals surface area contributed by atoms with Crippen molar-refractivity contribution in [3.05, 3.63) is 47.8 Å². The molecule has 3 heteroatoms. The molecule has 1 atom stereocenters. The van der Waals surface area contributed by atoms with Crippen LogP contribution in [-0.2, 0) is 6.54 Å². The molecule has 1 aromatic heterocycles. The third-order valence-electron chi connectivity index (χ3n) is 3.47. The average molecular weight is 257 g/mol. The molecule has 1 heterocycles. The van der Waals surface area contributed by atoms with E-state index in [1.807, 2.05) is 6.92 Å². The van der Waals surface area contributed by atoms with Crippen molar-refractivity contribution in [2.75, 3.05) is 11.9 Å².